The zero-order valence-corrected chi connectivity index (χ0v) is 49.4. The Labute approximate surface area is 513 Å². The van der Waals surface area contributed by atoms with Crippen molar-refractivity contribution in [1.82, 2.24) is 9.13 Å². The minimum Gasteiger partial charge on any atom is -0.388 e. The van der Waals surface area contributed by atoms with E-state index >= 15 is 0 Å². The Balaban J connectivity index is 0.917. The number of fused-ring (bicyclic) bond motifs is 9. The normalized spacial score (nSPS) is 12.6. The number of anilines is 1. The van der Waals surface area contributed by atoms with Crippen LogP contribution in [-0.4, -0.2) is 42.9 Å². The Hall–Kier alpha value is -11.1. The molecule has 3 heterocycles. The predicted molar refractivity (Wildman–Crippen MR) is 376 cm³/mol. The van der Waals surface area contributed by atoms with Crippen molar-refractivity contribution in [3.63, 3.8) is 0 Å². The van der Waals surface area contributed by atoms with Crippen molar-refractivity contribution >= 4 is 108 Å². The van der Waals surface area contributed by atoms with Gasteiger partial charge < -0.3 is 9.38 Å². The van der Waals surface area contributed by atoms with E-state index in [4.69, 9.17) is 9.98 Å². The molecule has 88 heavy (non-hydrogen) atoms. The summed E-state index contributed by atoms with van der Waals surface area (Å²) in [6.07, 6.45) is 2.01. The van der Waals surface area contributed by atoms with Crippen molar-refractivity contribution in [1.29, 1.82) is 0 Å². The quantitative estimate of drug-likeness (QED) is 0.0520. The van der Waals surface area contributed by atoms with Crippen LogP contribution in [-0.2, 0) is 0 Å². The van der Waals surface area contributed by atoms with Crippen LogP contribution in [0.2, 0.25) is 0 Å². The summed E-state index contributed by atoms with van der Waals surface area (Å²) >= 11 is 0. The highest BCUT2D eigenvalue weighted by Gasteiger charge is 2.42. The molecule has 1 aliphatic heterocycles. The molecule has 0 radical (unpaired) electrons. The Morgan fingerprint density at radius 3 is 1.49 bits per heavy atom. The molecule has 0 spiro atoms. The Morgan fingerprint density at radius 2 is 0.841 bits per heavy atom. The molecule has 1 aliphatic rings. The fourth-order valence-electron chi connectivity index (χ4n) is 14.0. The van der Waals surface area contributed by atoms with Gasteiger partial charge in [-0.3, -0.25) is 4.57 Å². The standard InChI is InChI=1S/C81H58BN5Si/c1-5-26-58(27-6-1)60-30-23-37-66(52-60)88(65-35-11-4-12-36-65,67-38-24-31-61(53-67)59-28-7-2-8-29-59)68-39-25-32-62(54-68)81(84-57-86-78-47-20-15-41-70(78)69-40-13-18-45-75(69)82(86)63-33-9-3-10-34-63)83-56-85-76-46-19-14-44-73(76)74-55-64(50-51-77(74)85)87-79-48-21-16-42-71(79)72-43-17-22-49-80(72)87/h1-56H,57H2/b83-56+,84-81-. The minimum absolute atomic E-state index is 0.111. The Morgan fingerprint density at radius 1 is 0.364 bits per heavy atom. The highest BCUT2D eigenvalue weighted by atomic mass is 28.3. The van der Waals surface area contributed by atoms with E-state index in [1.165, 1.54) is 86.9 Å². The van der Waals surface area contributed by atoms with E-state index in [-0.39, 0.29) is 6.85 Å². The second-order valence-corrected chi connectivity index (χ2v) is 26.6. The maximum absolute atomic E-state index is 5.82. The molecule has 0 N–H and O–H groups in total. The zero-order chi connectivity index (χ0) is 58.4. The summed E-state index contributed by atoms with van der Waals surface area (Å²) < 4.78 is 4.66. The maximum Gasteiger partial charge on any atom is 0.325 e. The monoisotopic (exact) mass is 1140 g/mol. The van der Waals surface area contributed by atoms with Crippen molar-refractivity contribution in [3.05, 3.63) is 339 Å². The summed E-state index contributed by atoms with van der Waals surface area (Å²) in [6.45, 7) is 0.219. The molecular weight excluding hydrogens is 1080 g/mol. The number of aromatic nitrogens is 2. The first-order valence-corrected chi connectivity index (χ1v) is 32.3. The summed E-state index contributed by atoms with van der Waals surface area (Å²) in [7, 11) is -3.24. The molecule has 0 amide bonds. The first-order chi connectivity index (χ1) is 43.7. The van der Waals surface area contributed by atoms with Crippen LogP contribution in [0.25, 0.3) is 82.7 Å². The molecule has 0 unspecified atom stereocenters. The highest BCUT2D eigenvalue weighted by Crippen LogP contribution is 2.37. The van der Waals surface area contributed by atoms with Crippen LogP contribution in [0.15, 0.2) is 344 Å². The summed E-state index contributed by atoms with van der Waals surface area (Å²) in [5.41, 5.74) is 17.2. The first-order valence-electron chi connectivity index (χ1n) is 30.3. The lowest BCUT2D eigenvalue weighted by atomic mass is 9.46. The molecule has 13 aromatic carbocycles. The van der Waals surface area contributed by atoms with Gasteiger partial charge in [0.1, 0.15) is 13.0 Å². The molecule has 7 heteroatoms. The van der Waals surface area contributed by atoms with Crippen LogP contribution in [0.5, 0.6) is 0 Å². The van der Waals surface area contributed by atoms with Gasteiger partial charge in [-0.2, -0.15) is 0 Å². The molecule has 414 valence electrons. The van der Waals surface area contributed by atoms with E-state index in [1.54, 1.807) is 0 Å². The van der Waals surface area contributed by atoms with Gasteiger partial charge in [0, 0.05) is 44.0 Å². The Bertz CT molecular complexity index is 5010. The van der Waals surface area contributed by atoms with Gasteiger partial charge >= 0.3 is 6.85 Å². The molecule has 0 atom stereocenters. The predicted octanol–water partition coefficient (Wildman–Crippen LogP) is 15.2. The molecule has 2 aromatic heterocycles. The molecule has 0 bridgehead atoms. The van der Waals surface area contributed by atoms with Crippen molar-refractivity contribution in [2.45, 2.75) is 0 Å². The molecule has 0 saturated heterocycles. The fourth-order valence-corrected chi connectivity index (χ4v) is 18.9. The van der Waals surface area contributed by atoms with Gasteiger partial charge in [-0.25, -0.2) is 9.98 Å². The highest BCUT2D eigenvalue weighted by molar-refractivity contribution is 7.20. The number of amidine groups is 1. The van der Waals surface area contributed by atoms with Gasteiger partial charge in [0.2, 0.25) is 0 Å². The largest absolute Gasteiger partial charge is 0.388 e. The smallest absolute Gasteiger partial charge is 0.325 e. The van der Waals surface area contributed by atoms with Crippen LogP contribution in [0.4, 0.5) is 5.69 Å². The molecular formula is C81H58BN5Si. The third-order valence-electron chi connectivity index (χ3n) is 18.0. The van der Waals surface area contributed by atoms with Crippen molar-refractivity contribution in [2.75, 3.05) is 11.5 Å². The average Bonchev–Trinajstić information content (AvgIpc) is 1.24. The van der Waals surface area contributed by atoms with E-state index in [2.05, 4.69) is 348 Å². The lowest BCUT2D eigenvalue weighted by molar-refractivity contribution is 1.02. The second kappa shape index (κ2) is 22.4. The van der Waals surface area contributed by atoms with E-state index in [0.29, 0.717) is 12.5 Å². The van der Waals surface area contributed by atoms with Crippen molar-refractivity contribution < 1.29 is 0 Å². The summed E-state index contributed by atoms with van der Waals surface area (Å²) in [5, 5.41) is 9.84. The molecule has 15 aromatic rings. The van der Waals surface area contributed by atoms with Gasteiger partial charge in [0.25, 0.3) is 0 Å². The molecule has 0 aliphatic carbocycles. The number of nitrogens with zero attached hydrogens (tertiary/aromatic N) is 5. The van der Waals surface area contributed by atoms with Crippen molar-refractivity contribution in [3.8, 4) is 39.1 Å². The van der Waals surface area contributed by atoms with Gasteiger partial charge in [-0.05, 0) is 96.5 Å². The van der Waals surface area contributed by atoms with E-state index in [1.807, 2.05) is 6.34 Å². The first kappa shape index (κ1) is 52.4. The van der Waals surface area contributed by atoms with Crippen LogP contribution in [0.1, 0.15) is 5.56 Å². The van der Waals surface area contributed by atoms with Crippen molar-refractivity contribution in [2.24, 2.45) is 9.98 Å². The third-order valence-corrected chi connectivity index (χ3v) is 22.7. The Kier molecular flexibility index (Phi) is 13.3. The number of hydrogen-bond acceptors (Lipinski definition) is 2. The number of rotatable bonds is 12. The molecule has 0 saturated carbocycles. The van der Waals surface area contributed by atoms with E-state index in [0.717, 1.165) is 38.7 Å². The van der Waals surface area contributed by atoms with Crippen LogP contribution in [0, 0.1) is 0 Å². The molecule has 0 fully saturated rings. The van der Waals surface area contributed by atoms with E-state index in [9.17, 15) is 0 Å². The lowest BCUT2D eigenvalue weighted by Crippen LogP contribution is -2.74. The topological polar surface area (TPSA) is 37.8 Å². The summed E-state index contributed by atoms with van der Waals surface area (Å²) in [6, 6.07) is 122. The second-order valence-electron chi connectivity index (χ2n) is 22.8. The van der Waals surface area contributed by atoms with E-state index < -0.39 is 8.07 Å². The van der Waals surface area contributed by atoms with Crippen LogP contribution >= 0.6 is 0 Å². The number of aliphatic imine (C=N–C) groups is 2. The van der Waals surface area contributed by atoms with Crippen LogP contribution in [0.3, 0.4) is 0 Å². The molecule has 5 nitrogen and oxygen atoms in total. The SMILES string of the molecule is C(=N\C(=N/CN1B(c2ccccc2)c2ccccc2-c2ccccc21)c1cccc([Si](c2ccccc2)(c2cccc(-c3ccccc3)c2)c2cccc(-c3ccccc3)c2)c1)/n1c2ccccc2c2cc(-n3c4ccccc4c4ccccc43)ccc21. The van der Waals surface area contributed by atoms with Gasteiger partial charge in [0.15, 0.2) is 13.9 Å². The summed E-state index contributed by atoms with van der Waals surface area (Å²) in [4.78, 5) is 14.0. The van der Waals surface area contributed by atoms with Gasteiger partial charge in [0.05, 0.1) is 22.1 Å². The zero-order valence-electron chi connectivity index (χ0n) is 48.4. The van der Waals surface area contributed by atoms with Crippen LogP contribution < -0.4 is 36.5 Å². The minimum atomic E-state index is -3.24. The average molecular weight is 1140 g/mol. The number of hydrogen-bond donors (Lipinski definition) is 0. The maximum atomic E-state index is 5.82. The number of para-hydroxylation sites is 4. The lowest BCUT2D eigenvalue weighted by Gasteiger charge is -2.37. The summed E-state index contributed by atoms with van der Waals surface area (Å²) in [5.74, 6) is 0.630. The molecule has 16 rings (SSSR count). The fraction of sp³-hybridized carbons (Fsp3) is 0.0123. The number of benzene rings is 13. The third kappa shape index (κ3) is 9.02. The van der Waals surface area contributed by atoms with Gasteiger partial charge in [-0.15, -0.1) is 0 Å². The van der Waals surface area contributed by atoms with Gasteiger partial charge in [-0.1, -0.05) is 297 Å².